The molecule has 3 nitrogen and oxygen atoms in total. The fourth-order valence-electron chi connectivity index (χ4n) is 1.66. The molecule has 0 unspecified atom stereocenters. The summed E-state index contributed by atoms with van der Waals surface area (Å²) < 4.78 is 11.1. The Balaban J connectivity index is 2.30. The van der Waals surface area contributed by atoms with E-state index in [0.29, 0.717) is 13.2 Å². The third-order valence-corrected chi connectivity index (χ3v) is 2.64. The van der Waals surface area contributed by atoms with Crippen molar-refractivity contribution in [1.82, 2.24) is 4.90 Å². The zero-order chi connectivity index (χ0) is 10.9. The van der Waals surface area contributed by atoms with E-state index in [0.717, 1.165) is 25.9 Å². The minimum atomic E-state index is 0.660. The summed E-state index contributed by atoms with van der Waals surface area (Å²) in [5.41, 5.74) is 0. The van der Waals surface area contributed by atoms with Gasteiger partial charge in [0.1, 0.15) is 0 Å². The molecule has 1 aliphatic heterocycles. The highest BCUT2D eigenvalue weighted by Crippen LogP contribution is 2.16. The molecular formula is C12H24NO2. The quantitative estimate of drug-likeness (QED) is 0.649. The first-order valence-electron chi connectivity index (χ1n) is 6.19. The van der Waals surface area contributed by atoms with Crippen LogP contribution in [0.15, 0.2) is 0 Å². The Morgan fingerprint density at radius 3 is 2.20 bits per heavy atom. The highest BCUT2D eigenvalue weighted by molar-refractivity contribution is 4.81. The molecule has 0 aromatic rings. The van der Waals surface area contributed by atoms with Crippen molar-refractivity contribution >= 4 is 0 Å². The molecule has 15 heavy (non-hydrogen) atoms. The van der Waals surface area contributed by atoms with Crippen molar-refractivity contribution in [3.8, 4) is 0 Å². The van der Waals surface area contributed by atoms with Crippen LogP contribution in [0.3, 0.4) is 0 Å². The second-order valence-corrected chi connectivity index (χ2v) is 3.99. The Kier molecular flexibility index (Phi) is 6.98. The largest absolute Gasteiger partial charge is 0.374 e. The van der Waals surface area contributed by atoms with E-state index in [9.17, 15) is 0 Å². The van der Waals surface area contributed by atoms with Crippen LogP contribution < -0.4 is 0 Å². The van der Waals surface area contributed by atoms with E-state index in [1.165, 1.54) is 25.7 Å². The van der Waals surface area contributed by atoms with Crippen molar-refractivity contribution in [3.05, 3.63) is 6.23 Å². The summed E-state index contributed by atoms with van der Waals surface area (Å²) in [4.78, 5) is 2.35. The fraction of sp³-hybridized carbons (Fsp3) is 0.917. The summed E-state index contributed by atoms with van der Waals surface area (Å²) >= 11 is 0. The average molecular weight is 214 g/mol. The Bertz CT molecular complexity index is 139. The fourth-order valence-corrected chi connectivity index (χ4v) is 1.66. The molecule has 0 bridgehead atoms. The summed E-state index contributed by atoms with van der Waals surface area (Å²) in [7, 11) is 0. The van der Waals surface area contributed by atoms with Gasteiger partial charge in [-0.1, -0.05) is 26.7 Å². The second kappa shape index (κ2) is 8.08. The number of unbranched alkanes of at least 4 members (excludes halogenated alkanes) is 2. The van der Waals surface area contributed by atoms with Gasteiger partial charge in [0, 0.05) is 13.1 Å². The van der Waals surface area contributed by atoms with Gasteiger partial charge in [0.15, 0.2) is 6.23 Å². The third-order valence-electron chi connectivity index (χ3n) is 2.64. The predicted octanol–water partition coefficient (Wildman–Crippen LogP) is 2.42. The van der Waals surface area contributed by atoms with Crippen LogP contribution in [0, 0.1) is 6.23 Å². The SMILES string of the molecule is CCCCN(CCCC)[C]1COCCO1. The molecule has 0 spiro atoms. The van der Waals surface area contributed by atoms with Gasteiger partial charge in [0.05, 0.1) is 19.8 Å². The molecule has 1 aliphatic rings. The van der Waals surface area contributed by atoms with Crippen LogP contribution in [0.4, 0.5) is 0 Å². The first-order valence-corrected chi connectivity index (χ1v) is 6.19. The molecule has 3 heteroatoms. The zero-order valence-corrected chi connectivity index (χ0v) is 10.1. The van der Waals surface area contributed by atoms with Gasteiger partial charge in [0.25, 0.3) is 0 Å². The van der Waals surface area contributed by atoms with Crippen LogP contribution in [-0.4, -0.2) is 37.8 Å². The lowest BCUT2D eigenvalue weighted by molar-refractivity contribution is -0.0833. The lowest BCUT2D eigenvalue weighted by Gasteiger charge is -2.32. The monoisotopic (exact) mass is 214 g/mol. The van der Waals surface area contributed by atoms with E-state index in [1.54, 1.807) is 0 Å². The minimum absolute atomic E-state index is 0.660. The van der Waals surface area contributed by atoms with Gasteiger partial charge in [0.2, 0.25) is 0 Å². The molecule has 1 saturated heterocycles. The van der Waals surface area contributed by atoms with Crippen LogP contribution in [0.25, 0.3) is 0 Å². The Labute approximate surface area is 93.7 Å². The van der Waals surface area contributed by atoms with Gasteiger partial charge in [-0.15, -0.1) is 0 Å². The summed E-state index contributed by atoms with van der Waals surface area (Å²) in [6.07, 6.45) is 5.98. The molecule has 1 heterocycles. The Morgan fingerprint density at radius 1 is 1.07 bits per heavy atom. The molecule has 1 fully saturated rings. The van der Waals surface area contributed by atoms with Crippen molar-refractivity contribution in [2.24, 2.45) is 0 Å². The zero-order valence-electron chi connectivity index (χ0n) is 10.1. The van der Waals surface area contributed by atoms with Crippen molar-refractivity contribution in [1.29, 1.82) is 0 Å². The van der Waals surface area contributed by atoms with Crippen LogP contribution >= 0.6 is 0 Å². The highest BCUT2D eigenvalue weighted by atomic mass is 16.6. The van der Waals surface area contributed by atoms with Gasteiger partial charge in [-0.05, 0) is 12.8 Å². The van der Waals surface area contributed by atoms with E-state index in [-0.39, 0.29) is 0 Å². The molecule has 0 saturated carbocycles. The third kappa shape index (κ3) is 4.96. The lowest BCUT2D eigenvalue weighted by atomic mass is 10.2. The van der Waals surface area contributed by atoms with E-state index in [2.05, 4.69) is 18.7 Å². The number of rotatable bonds is 7. The first-order chi connectivity index (χ1) is 7.38. The van der Waals surface area contributed by atoms with E-state index < -0.39 is 0 Å². The maximum Gasteiger partial charge on any atom is 0.190 e. The van der Waals surface area contributed by atoms with Crippen molar-refractivity contribution in [3.63, 3.8) is 0 Å². The van der Waals surface area contributed by atoms with Crippen molar-refractivity contribution in [2.45, 2.75) is 39.5 Å². The normalized spacial score (nSPS) is 18.6. The average Bonchev–Trinajstić information content (AvgIpc) is 2.30. The molecule has 0 amide bonds. The van der Waals surface area contributed by atoms with Gasteiger partial charge in [-0.3, -0.25) is 4.90 Å². The summed E-state index contributed by atoms with van der Waals surface area (Å²) in [5, 5.41) is 0. The molecule has 1 rings (SSSR count). The maximum absolute atomic E-state index is 5.65. The first kappa shape index (κ1) is 12.9. The molecule has 0 aromatic carbocycles. The number of ether oxygens (including phenoxy) is 2. The summed E-state index contributed by atoms with van der Waals surface area (Å²) in [6, 6.07) is 0. The molecule has 89 valence electrons. The number of hydrogen-bond acceptors (Lipinski definition) is 3. The minimum Gasteiger partial charge on any atom is -0.374 e. The van der Waals surface area contributed by atoms with Gasteiger partial charge < -0.3 is 9.47 Å². The van der Waals surface area contributed by atoms with Crippen LogP contribution in [-0.2, 0) is 9.47 Å². The molecule has 0 N–H and O–H groups in total. The smallest absolute Gasteiger partial charge is 0.190 e. The second-order valence-electron chi connectivity index (χ2n) is 3.99. The van der Waals surface area contributed by atoms with Crippen molar-refractivity contribution in [2.75, 3.05) is 32.9 Å². The van der Waals surface area contributed by atoms with Gasteiger partial charge in [-0.2, -0.15) is 0 Å². The van der Waals surface area contributed by atoms with Gasteiger partial charge in [-0.25, -0.2) is 0 Å². The van der Waals surface area contributed by atoms with Crippen LogP contribution in [0.2, 0.25) is 0 Å². The van der Waals surface area contributed by atoms with Crippen molar-refractivity contribution < 1.29 is 9.47 Å². The van der Waals surface area contributed by atoms with E-state index in [4.69, 9.17) is 9.47 Å². The predicted molar refractivity (Wildman–Crippen MR) is 61.4 cm³/mol. The van der Waals surface area contributed by atoms with Gasteiger partial charge >= 0.3 is 0 Å². The molecule has 0 aromatic heterocycles. The number of nitrogens with zero attached hydrogens (tertiary/aromatic N) is 1. The lowest BCUT2D eigenvalue weighted by Crippen LogP contribution is -2.38. The summed E-state index contributed by atoms with van der Waals surface area (Å²) in [5.74, 6) is 0. The standard InChI is InChI=1S/C12H24NO2/c1-3-5-7-13(8-6-4-2)12-11-14-9-10-15-12/h3-11H2,1-2H3. The van der Waals surface area contributed by atoms with Crippen LogP contribution in [0.1, 0.15) is 39.5 Å². The Hall–Kier alpha value is -0.120. The summed E-state index contributed by atoms with van der Waals surface area (Å²) in [6.45, 7) is 8.77. The number of hydrogen-bond donors (Lipinski definition) is 0. The highest BCUT2D eigenvalue weighted by Gasteiger charge is 2.22. The molecule has 0 atom stereocenters. The maximum atomic E-state index is 5.65. The molecular weight excluding hydrogens is 190 g/mol. The van der Waals surface area contributed by atoms with Crippen LogP contribution in [0.5, 0.6) is 0 Å². The topological polar surface area (TPSA) is 21.7 Å². The molecule has 0 aliphatic carbocycles. The van der Waals surface area contributed by atoms with E-state index in [1.807, 2.05) is 0 Å². The Morgan fingerprint density at radius 2 is 1.73 bits per heavy atom. The molecule has 1 radical (unpaired) electrons. The van der Waals surface area contributed by atoms with E-state index >= 15 is 0 Å².